The van der Waals surface area contributed by atoms with E-state index in [4.69, 9.17) is 15.9 Å². The summed E-state index contributed by atoms with van der Waals surface area (Å²) in [5, 5.41) is 2.39. The Hall–Kier alpha value is -3.72. The fourth-order valence-corrected chi connectivity index (χ4v) is 2.43. The lowest BCUT2D eigenvalue weighted by Crippen LogP contribution is -2.37. The lowest BCUT2D eigenvalue weighted by atomic mass is 10.1. The maximum atomic E-state index is 12.4. The summed E-state index contributed by atoms with van der Waals surface area (Å²) >= 11 is 0. The third-order valence-corrected chi connectivity index (χ3v) is 3.83. The summed E-state index contributed by atoms with van der Waals surface area (Å²) in [6.45, 7) is 5.55. The summed E-state index contributed by atoms with van der Waals surface area (Å²) in [7, 11) is 1.50. The molecule has 2 aromatic rings. The molecule has 30 heavy (non-hydrogen) atoms. The van der Waals surface area contributed by atoms with E-state index < -0.39 is 17.8 Å². The molecule has 0 radical (unpaired) electrons. The molecule has 1 N–H and O–H groups in total. The van der Waals surface area contributed by atoms with Gasteiger partial charge in [0, 0.05) is 12.7 Å². The lowest BCUT2D eigenvalue weighted by Gasteiger charge is -2.26. The minimum absolute atomic E-state index is 0.120. The summed E-state index contributed by atoms with van der Waals surface area (Å²) in [5.41, 5.74) is 1.96. The molecule has 6 nitrogen and oxygen atoms in total. The Morgan fingerprint density at radius 2 is 1.57 bits per heavy atom. The first-order chi connectivity index (χ1) is 14.2. The molecule has 0 bridgehead atoms. The van der Waals surface area contributed by atoms with E-state index in [1.54, 1.807) is 12.1 Å². The van der Waals surface area contributed by atoms with Crippen LogP contribution in [0, 0.1) is 12.3 Å². The van der Waals surface area contributed by atoms with Gasteiger partial charge < -0.3 is 14.8 Å². The molecule has 156 valence electrons. The largest absolute Gasteiger partial charge is 0.443 e. The SMILES string of the molecule is C#CCN(C(=O)OC(C)(C)C)c1ccc(/C=C/c2ccc(OC(=O)NC)cc2)cc1. The van der Waals surface area contributed by atoms with Gasteiger partial charge in [0.05, 0.1) is 6.54 Å². The number of hydrogen-bond acceptors (Lipinski definition) is 4. The average molecular weight is 406 g/mol. The van der Waals surface area contributed by atoms with Crippen LogP contribution in [0.1, 0.15) is 31.9 Å². The third-order valence-electron chi connectivity index (χ3n) is 3.83. The number of terminal acetylenes is 1. The zero-order chi connectivity index (χ0) is 22.1. The van der Waals surface area contributed by atoms with Crippen LogP contribution in [0.15, 0.2) is 48.5 Å². The van der Waals surface area contributed by atoms with Crippen molar-refractivity contribution >= 4 is 30.0 Å². The van der Waals surface area contributed by atoms with Crippen molar-refractivity contribution in [2.45, 2.75) is 26.4 Å². The monoisotopic (exact) mass is 406 g/mol. The quantitative estimate of drug-likeness (QED) is 0.564. The maximum absolute atomic E-state index is 12.4. The Morgan fingerprint density at radius 3 is 2.03 bits per heavy atom. The van der Waals surface area contributed by atoms with E-state index in [2.05, 4.69) is 11.2 Å². The molecule has 0 fully saturated rings. The summed E-state index contributed by atoms with van der Waals surface area (Å²) in [5.74, 6) is 2.95. The van der Waals surface area contributed by atoms with Crippen LogP contribution in [-0.2, 0) is 4.74 Å². The van der Waals surface area contributed by atoms with Gasteiger partial charge in [0.1, 0.15) is 11.4 Å². The Morgan fingerprint density at radius 1 is 1.03 bits per heavy atom. The number of ether oxygens (including phenoxy) is 2. The molecule has 2 aromatic carbocycles. The van der Waals surface area contributed by atoms with E-state index in [0.717, 1.165) is 11.1 Å². The number of carbonyl (C=O) groups excluding carboxylic acids is 2. The van der Waals surface area contributed by atoms with Crippen molar-refractivity contribution in [3.63, 3.8) is 0 Å². The van der Waals surface area contributed by atoms with Gasteiger partial charge in [0.2, 0.25) is 0 Å². The smallest absolute Gasteiger partial charge is 0.415 e. The van der Waals surface area contributed by atoms with Gasteiger partial charge in [-0.3, -0.25) is 4.90 Å². The highest BCUT2D eigenvalue weighted by molar-refractivity contribution is 5.88. The Balaban J connectivity index is 2.08. The van der Waals surface area contributed by atoms with Gasteiger partial charge in [-0.15, -0.1) is 6.42 Å². The summed E-state index contributed by atoms with van der Waals surface area (Å²) < 4.78 is 10.5. The fourth-order valence-electron chi connectivity index (χ4n) is 2.43. The van der Waals surface area contributed by atoms with Crippen LogP contribution < -0.4 is 15.0 Å². The van der Waals surface area contributed by atoms with Crippen LogP contribution in [0.4, 0.5) is 15.3 Å². The molecule has 0 aliphatic rings. The molecule has 0 spiro atoms. The summed E-state index contributed by atoms with van der Waals surface area (Å²) in [6, 6.07) is 14.6. The molecule has 0 aliphatic heterocycles. The molecule has 0 saturated heterocycles. The van der Waals surface area contributed by atoms with Crippen molar-refractivity contribution in [2.24, 2.45) is 0 Å². The van der Waals surface area contributed by atoms with Gasteiger partial charge in [0.15, 0.2) is 0 Å². The van der Waals surface area contributed by atoms with Gasteiger partial charge >= 0.3 is 12.2 Å². The number of nitrogens with zero attached hydrogens (tertiary/aromatic N) is 1. The van der Waals surface area contributed by atoms with Crippen molar-refractivity contribution in [1.29, 1.82) is 0 Å². The van der Waals surface area contributed by atoms with E-state index in [1.165, 1.54) is 11.9 Å². The highest BCUT2D eigenvalue weighted by atomic mass is 16.6. The van der Waals surface area contributed by atoms with Crippen LogP contribution in [-0.4, -0.2) is 31.4 Å². The molecule has 0 unspecified atom stereocenters. The number of anilines is 1. The number of hydrogen-bond donors (Lipinski definition) is 1. The topological polar surface area (TPSA) is 67.9 Å². The maximum Gasteiger partial charge on any atom is 0.415 e. The molecule has 2 rings (SSSR count). The van der Waals surface area contributed by atoms with Crippen molar-refractivity contribution in [3.8, 4) is 18.1 Å². The molecule has 6 heteroatoms. The Kier molecular flexibility index (Phi) is 7.65. The van der Waals surface area contributed by atoms with Gasteiger partial charge in [-0.05, 0) is 56.2 Å². The predicted molar refractivity (Wildman–Crippen MR) is 119 cm³/mol. The zero-order valence-corrected chi connectivity index (χ0v) is 17.6. The average Bonchev–Trinajstić information content (AvgIpc) is 2.70. The molecule has 0 heterocycles. The second kappa shape index (κ2) is 10.2. The van der Waals surface area contributed by atoms with Crippen LogP contribution in [0.25, 0.3) is 12.2 Å². The molecular formula is C24H26N2O4. The number of nitrogens with one attached hydrogen (secondary N) is 1. The standard InChI is InChI=1S/C24H26N2O4/c1-6-17-26(23(28)30-24(2,3)4)20-13-9-18(10-14-20)7-8-19-11-15-21(16-12-19)29-22(27)25-5/h1,7-16H,17H2,2-5H3,(H,25,27)/b8-7+. The number of rotatable bonds is 5. The molecule has 0 aliphatic carbocycles. The number of benzene rings is 2. The minimum atomic E-state index is -0.604. The molecule has 2 amide bonds. The lowest BCUT2D eigenvalue weighted by molar-refractivity contribution is 0.0585. The normalized spacial score (nSPS) is 10.9. The predicted octanol–water partition coefficient (Wildman–Crippen LogP) is 4.95. The Labute approximate surface area is 177 Å². The summed E-state index contributed by atoms with van der Waals surface area (Å²) in [4.78, 5) is 25.1. The van der Waals surface area contributed by atoms with Gasteiger partial charge in [0.25, 0.3) is 0 Å². The number of carbonyl (C=O) groups is 2. The minimum Gasteiger partial charge on any atom is -0.443 e. The van der Waals surface area contributed by atoms with Crippen molar-refractivity contribution in [2.75, 3.05) is 18.5 Å². The highest BCUT2D eigenvalue weighted by Gasteiger charge is 2.22. The second-order valence-corrected chi connectivity index (χ2v) is 7.40. The second-order valence-electron chi connectivity index (χ2n) is 7.40. The van der Waals surface area contributed by atoms with Gasteiger partial charge in [-0.25, -0.2) is 9.59 Å². The highest BCUT2D eigenvalue weighted by Crippen LogP contribution is 2.20. The molecule has 0 atom stereocenters. The first kappa shape index (κ1) is 22.6. The van der Waals surface area contributed by atoms with E-state index in [-0.39, 0.29) is 6.54 Å². The van der Waals surface area contributed by atoms with E-state index >= 15 is 0 Å². The van der Waals surface area contributed by atoms with E-state index in [9.17, 15) is 9.59 Å². The molecule has 0 saturated carbocycles. The van der Waals surface area contributed by atoms with Crippen LogP contribution in [0.3, 0.4) is 0 Å². The molecule has 0 aromatic heterocycles. The van der Waals surface area contributed by atoms with Crippen molar-refractivity contribution in [3.05, 3.63) is 59.7 Å². The van der Waals surface area contributed by atoms with E-state index in [0.29, 0.717) is 11.4 Å². The number of amides is 2. The third kappa shape index (κ3) is 7.02. The van der Waals surface area contributed by atoms with Gasteiger partial charge in [-0.2, -0.15) is 0 Å². The molecular weight excluding hydrogens is 380 g/mol. The van der Waals surface area contributed by atoms with Crippen molar-refractivity contribution in [1.82, 2.24) is 5.32 Å². The van der Waals surface area contributed by atoms with Crippen molar-refractivity contribution < 1.29 is 19.1 Å². The Bertz CT molecular complexity index is 933. The van der Waals surface area contributed by atoms with Crippen LogP contribution in [0.2, 0.25) is 0 Å². The first-order valence-corrected chi connectivity index (χ1v) is 9.43. The first-order valence-electron chi connectivity index (χ1n) is 9.43. The summed E-state index contributed by atoms with van der Waals surface area (Å²) in [6.07, 6.45) is 8.30. The zero-order valence-electron chi connectivity index (χ0n) is 17.6. The van der Waals surface area contributed by atoms with E-state index in [1.807, 2.05) is 69.3 Å². The van der Waals surface area contributed by atoms with Gasteiger partial charge in [-0.1, -0.05) is 42.3 Å². The fraction of sp³-hybridized carbons (Fsp3) is 0.250. The van der Waals surface area contributed by atoms with Crippen LogP contribution in [0.5, 0.6) is 5.75 Å². The van der Waals surface area contributed by atoms with Crippen LogP contribution >= 0.6 is 0 Å².